The Bertz CT molecular complexity index is 584. The Hall–Kier alpha value is -2.74. The van der Waals surface area contributed by atoms with E-state index >= 15 is 0 Å². The molecule has 0 aliphatic rings. The Balaban J connectivity index is 3.02. The molecule has 5 nitrogen and oxygen atoms in total. The zero-order valence-electron chi connectivity index (χ0n) is 12.4. The van der Waals surface area contributed by atoms with Crippen molar-refractivity contribution in [1.82, 2.24) is 10.2 Å². The first kappa shape index (κ1) is 16.3. The SMILES string of the molecule is C#CN(C=C)C(=NC)C(=NCc1cccc(O)c1)NCC. The van der Waals surface area contributed by atoms with Gasteiger partial charge in [0.1, 0.15) is 5.75 Å². The molecular formula is C16H20N4O. The van der Waals surface area contributed by atoms with E-state index in [1.807, 2.05) is 13.0 Å². The second-order valence-corrected chi connectivity index (χ2v) is 4.09. The number of phenolic OH excluding ortho intramolecular Hbond substituents is 1. The van der Waals surface area contributed by atoms with Crippen molar-refractivity contribution in [2.45, 2.75) is 13.5 Å². The van der Waals surface area contributed by atoms with Crippen molar-refractivity contribution in [3.05, 3.63) is 42.6 Å². The molecule has 21 heavy (non-hydrogen) atoms. The Kier molecular flexibility index (Phi) is 6.55. The molecule has 0 aromatic heterocycles. The summed E-state index contributed by atoms with van der Waals surface area (Å²) >= 11 is 0. The summed E-state index contributed by atoms with van der Waals surface area (Å²) in [4.78, 5) is 10.1. The molecule has 5 heteroatoms. The van der Waals surface area contributed by atoms with Crippen LogP contribution in [0.2, 0.25) is 0 Å². The molecule has 0 amide bonds. The number of aliphatic imine (C=N–C) groups is 2. The third-order valence-electron chi connectivity index (χ3n) is 2.65. The summed E-state index contributed by atoms with van der Waals surface area (Å²) in [7, 11) is 1.64. The number of rotatable bonds is 4. The minimum atomic E-state index is 0.216. The molecule has 0 saturated heterocycles. The van der Waals surface area contributed by atoms with Crippen LogP contribution in [-0.2, 0) is 6.54 Å². The van der Waals surface area contributed by atoms with E-state index in [2.05, 4.69) is 27.9 Å². The van der Waals surface area contributed by atoms with Gasteiger partial charge in [-0.15, -0.1) is 0 Å². The van der Waals surface area contributed by atoms with E-state index < -0.39 is 0 Å². The van der Waals surface area contributed by atoms with Crippen molar-refractivity contribution >= 4 is 11.7 Å². The van der Waals surface area contributed by atoms with E-state index in [0.29, 0.717) is 24.8 Å². The first-order valence-corrected chi connectivity index (χ1v) is 6.57. The van der Waals surface area contributed by atoms with Gasteiger partial charge in [0.25, 0.3) is 0 Å². The summed E-state index contributed by atoms with van der Waals surface area (Å²) in [6.45, 7) is 6.72. The summed E-state index contributed by atoms with van der Waals surface area (Å²) in [5.41, 5.74) is 0.895. The normalized spacial score (nSPS) is 11.7. The van der Waals surface area contributed by atoms with Crippen molar-refractivity contribution in [3.8, 4) is 18.2 Å². The largest absolute Gasteiger partial charge is 0.508 e. The Morgan fingerprint density at radius 1 is 1.57 bits per heavy atom. The number of aromatic hydroxyl groups is 1. The zero-order valence-corrected chi connectivity index (χ0v) is 12.4. The average molecular weight is 284 g/mol. The molecule has 0 aliphatic carbocycles. The Labute approximate surface area is 125 Å². The van der Waals surface area contributed by atoms with Crippen LogP contribution in [0.1, 0.15) is 12.5 Å². The van der Waals surface area contributed by atoms with Crippen LogP contribution in [-0.4, -0.2) is 35.3 Å². The molecule has 1 rings (SSSR count). The summed E-state index contributed by atoms with van der Waals surface area (Å²) in [6, 6.07) is 9.43. The van der Waals surface area contributed by atoms with Gasteiger partial charge in [0.15, 0.2) is 11.7 Å². The van der Waals surface area contributed by atoms with Crippen molar-refractivity contribution in [2.75, 3.05) is 13.6 Å². The topological polar surface area (TPSA) is 60.2 Å². The summed E-state index contributed by atoms with van der Waals surface area (Å²) < 4.78 is 0. The van der Waals surface area contributed by atoms with Gasteiger partial charge >= 0.3 is 0 Å². The summed E-state index contributed by atoms with van der Waals surface area (Å²) in [6.07, 6.45) is 6.93. The van der Waals surface area contributed by atoms with E-state index in [1.165, 1.54) is 11.1 Å². The number of likely N-dealkylation sites (N-methyl/N-ethyl adjacent to an activating group) is 1. The van der Waals surface area contributed by atoms with Gasteiger partial charge in [0.05, 0.1) is 6.54 Å². The van der Waals surface area contributed by atoms with Crippen LogP contribution in [0.3, 0.4) is 0 Å². The molecule has 0 aliphatic heterocycles. The second-order valence-electron chi connectivity index (χ2n) is 4.09. The van der Waals surface area contributed by atoms with Crippen molar-refractivity contribution in [2.24, 2.45) is 9.98 Å². The molecule has 0 saturated carbocycles. The molecule has 2 N–H and O–H groups in total. The van der Waals surface area contributed by atoms with Crippen LogP contribution in [0.15, 0.2) is 47.0 Å². The van der Waals surface area contributed by atoms with Crippen LogP contribution < -0.4 is 5.32 Å². The van der Waals surface area contributed by atoms with Gasteiger partial charge in [0.2, 0.25) is 0 Å². The number of nitrogens with zero attached hydrogens (tertiary/aromatic N) is 3. The van der Waals surface area contributed by atoms with E-state index in [0.717, 1.165) is 5.56 Å². The Morgan fingerprint density at radius 2 is 2.33 bits per heavy atom. The van der Waals surface area contributed by atoms with Crippen molar-refractivity contribution < 1.29 is 5.11 Å². The molecule has 1 aromatic carbocycles. The van der Waals surface area contributed by atoms with Crippen molar-refractivity contribution in [1.29, 1.82) is 0 Å². The van der Waals surface area contributed by atoms with E-state index in [1.54, 1.807) is 25.2 Å². The fourth-order valence-electron chi connectivity index (χ4n) is 1.73. The van der Waals surface area contributed by atoms with Gasteiger partial charge in [0, 0.05) is 25.8 Å². The van der Waals surface area contributed by atoms with Crippen LogP contribution in [0, 0.1) is 12.5 Å². The standard InChI is InChI=1S/C16H20N4O/c1-5-18-15(16(17-4)20(6-2)7-3)19-12-13-9-8-10-14(21)11-13/h2,7-11,21H,3,5,12H2,1,4H3,(H,18,19). The van der Waals surface area contributed by atoms with Gasteiger partial charge in [-0.1, -0.05) is 25.1 Å². The number of benzene rings is 1. The lowest BCUT2D eigenvalue weighted by Crippen LogP contribution is -2.39. The molecule has 0 spiro atoms. The highest BCUT2D eigenvalue weighted by atomic mass is 16.3. The fraction of sp³-hybridized carbons (Fsp3) is 0.250. The Morgan fingerprint density at radius 3 is 2.86 bits per heavy atom. The number of amidine groups is 2. The van der Waals surface area contributed by atoms with Crippen molar-refractivity contribution in [3.63, 3.8) is 0 Å². The van der Waals surface area contributed by atoms with E-state index in [-0.39, 0.29) is 5.75 Å². The highest BCUT2D eigenvalue weighted by Gasteiger charge is 2.12. The summed E-state index contributed by atoms with van der Waals surface area (Å²) in [5, 5.41) is 12.6. The highest BCUT2D eigenvalue weighted by molar-refractivity contribution is 6.40. The zero-order chi connectivity index (χ0) is 15.7. The number of hydrogen-bond acceptors (Lipinski definition) is 3. The maximum Gasteiger partial charge on any atom is 0.182 e. The molecule has 0 atom stereocenters. The minimum Gasteiger partial charge on any atom is -0.508 e. The maximum atomic E-state index is 9.47. The van der Waals surface area contributed by atoms with Gasteiger partial charge < -0.3 is 10.4 Å². The third-order valence-corrected chi connectivity index (χ3v) is 2.65. The second kappa shape index (κ2) is 8.43. The monoisotopic (exact) mass is 284 g/mol. The van der Waals surface area contributed by atoms with Crippen LogP contribution in [0.4, 0.5) is 0 Å². The molecule has 0 bridgehead atoms. The van der Waals surface area contributed by atoms with Gasteiger partial charge in [-0.3, -0.25) is 14.9 Å². The smallest absolute Gasteiger partial charge is 0.182 e. The molecule has 1 aromatic rings. The quantitative estimate of drug-likeness (QED) is 0.384. The lowest BCUT2D eigenvalue weighted by atomic mass is 10.2. The molecule has 0 heterocycles. The molecule has 0 radical (unpaired) electrons. The predicted molar refractivity (Wildman–Crippen MR) is 87.2 cm³/mol. The number of terminal acetylenes is 1. The molecule has 110 valence electrons. The maximum absolute atomic E-state index is 9.47. The van der Waals surface area contributed by atoms with Gasteiger partial charge in [-0.05, 0) is 24.6 Å². The summed E-state index contributed by atoms with van der Waals surface area (Å²) in [5.74, 6) is 1.32. The average Bonchev–Trinajstić information content (AvgIpc) is 2.49. The van der Waals surface area contributed by atoms with Gasteiger partial charge in [-0.2, -0.15) is 0 Å². The molecule has 0 unspecified atom stereocenters. The number of hydrogen-bond donors (Lipinski definition) is 2. The van der Waals surface area contributed by atoms with E-state index in [9.17, 15) is 5.11 Å². The third kappa shape index (κ3) is 4.69. The highest BCUT2D eigenvalue weighted by Crippen LogP contribution is 2.11. The molecule has 0 fully saturated rings. The minimum absolute atomic E-state index is 0.216. The van der Waals surface area contributed by atoms with Gasteiger partial charge in [-0.25, -0.2) is 0 Å². The lowest BCUT2D eigenvalue weighted by molar-refractivity contribution is 0.474. The first-order chi connectivity index (χ1) is 10.2. The van der Waals surface area contributed by atoms with Crippen LogP contribution in [0.25, 0.3) is 0 Å². The first-order valence-electron chi connectivity index (χ1n) is 6.57. The number of nitrogens with one attached hydrogen (secondary N) is 1. The number of phenols is 1. The van der Waals surface area contributed by atoms with Crippen LogP contribution >= 0.6 is 0 Å². The molecular weight excluding hydrogens is 264 g/mol. The fourth-order valence-corrected chi connectivity index (χ4v) is 1.73. The lowest BCUT2D eigenvalue weighted by Gasteiger charge is -2.17. The predicted octanol–water partition coefficient (Wildman–Crippen LogP) is 1.96. The van der Waals surface area contributed by atoms with E-state index in [4.69, 9.17) is 6.42 Å². The van der Waals surface area contributed by atoms with Crippen LogP contribution in [0.5, 0.6) is 5.75 Å².